The van der Waals surface area contributed by atoms with Crippen molar-refractivity contribution in [3.63, 3.8) is 0 Å². The first-order chi connectivity index (χ1) is 16.7. The number of carboxylic acids is 1. The predicted molar refractivity (Wildman–Crippen MR) is 139 cm³/mol. The van der Waals surface area contributed by atoms with Gasteiger partial charge in [0.15, 0.2) is 0 Å². The van der Waals surface area contributed by atoms with Crippen molar-refractivity contribution in [3.05, 3.63) is 99.6 Å². The molecular weight excluding hydrogens is 440 g/mol. The summed E-state index contributed by atoms with van der Waals surface area (Å²) in [5, 5.41) is 20.6. The molecule has 0 spiro atoms. The number of aryl methyl sites for hydroxylation is 3. The van der Waals surface area contributed by atoms with Crippen molar-refractivity contribution in [1.82, 2.24) is 24.9 Å². The summed E-state index contributed by atoms with van der Waals surface area (Å²) < 4.78 is 3.61. The summed E-state index contributed by atoms with van der Waals surface area (Å²) in [5.41, 5.74) is 14.7. The van der Waals surface area contributed by atoms with Gasteiger partial charge in [0, 0.05) is 18.4 Å². The van der Waals surface area contributed by atoms with Gasteiger partial charge >= 0.3 is 5.97 Å². The molecule has 2 heterocycles. The summed E-state index contributed by atoms with van der Waals surface area (Å²) in [6.45, 7) is 10.2. The van der Waals surface area contributed by atoms with Gasteiger partial charge in [-0.25, -0.2) is 4.79 Å². The Balaban J connectivity index is 0.000000241. The van der Waals surface area contributed by atoms with Crippen molar-refractivity contribution in [1.29, 1.82) is 0 Å². The van der Waals surface area contributed by atoms with E-state index in [-0.39, 0.29) is 5.56 Å². The smallest absolute Gasteiger partial charge is 0.339 e. The molecule has 0 aliphatic rings. The maximum Gasteiger partial charge on any atom is 0.339 e. The number of nitrogens with zero attached hydrogens (tertiary/aromatic N) is 4. The Morgan fingerprint density at radius 2 is 1.57 bits per heavy atom. The van der Waals surface area contributed by atoms with Crippen LogP contribution >= 0.6 is 0 Å². The number of carbonyl (C=O) groups is 1. The number of nitrogen functional groups attached to an aromatic ring is 1. The summed E-state index contributed by atoms with van der Waals surface area (Å²) in [6.07, 6.45) is 5.25. The van der Waals surface area contributed by atoms with Crippen molar-refractivity contribution in [3.8, 4) is 0 Å². The summed E-state index contributed by atoms with van der Waals surface area (Å²) in [6, 6.07) is 12.2. The lowest BCUT2D eigenvalue weighted by atomic mass is 10.0. The molecular formula is C27H34N6O2. The van der Waals surface area contributed by atoms with Gasteiger partial charge in [0.2, 0.25) is 0 Å². The first-order valence-corrected chi connectivity index (χ1v) is 11.5. The van der Waals surface area contributed by atoms with Gasteiger partial charge in [0.1, 0.15) is 5.56 Å². The van der Waals surface area contributed by atoms with Crippen LogP contribution in [0.25, 0.3) is 0 Å². The van der Waals surface area contributed by atoms with Gasteiger partial charge in [-0.1, -0.05) is 24.3 Å². The Morgan fingerprint density at radius 1 is 0.971 bits per heavy atom. The molecule has 0 aliphatic heterocycles. The maximum atomic E-state index is 11.0. The fourth-order valence-corrected chi connectivity index (χ4v) is 3.96. The predicted octanol–water partition coefficient (Wildman–Crippen LogP) is 4.10. The van der Waals surface area contributed by atoms with E-state index in [0.717, 1.165) is 29.9 Å². The van der Waals surface area contributed by atoms with Gasteiger partial charge in [-0.15, -0.1) is 0 Å². The molecule has 4 aromatic rings. The van der Waals surface area contributed by atoms with Crippen LogP contribution in [0.2, 0.25) is 0 Å². The fourth-order valence-electron chi connectivity index (χ4n) is 3.96. The highest BCUT2D eigenvalue weighted by Gasteiger charge is 2.12. The third-order valence-corrected chi connectivity index (χ3v) is 5.87. The van der Waals surface area contributed by atoms with E-state index >= 15 is 0 Å². The largest absolute Gasteiger partial charge is 0.478 e. The zero-order chi connectivity index (χ0) is 25.5. The molecule has 0 aliphatic carbocycles. The molecule has 0 atom stereocenters. The van der Waals surface area contributed by atoms with Crippen LogP contribution in [-0.4, -0.2) is 37.7 Å². The molecule has 0 saturated heterocycles. The molecule has 2 aromatic heterocycles. The lowest BCUT2D eigenvalue weighted by Crippen LogP contribution is -2.08. The second kappa shape index (κ2) is 11.5. The molecule has 0 radical (unpaired) electrons. The Bertz CT molecular complexity index is 1260. The number of rotatable bonds is 7. The molecule has 4 N–H and O–H groups in total. The number of anilines is 1. The first kappa shape index (κ1) is 25.7. The van der Waals surface area contributed by atoms with E-state index < -0.39 is 5.97 Å². The van der Waals surface area contributed by atoms with Crippen molar-refractivity contribution >= 4 is 11.7 Å². The van der Waals surface area contributed by atoms with Gasteiger partial charge in [-0.2, -0.15) is 10.2 Å². The molecule has 0 saturated carbocycles. The van der Waals surface area contributed by atoms with Crippen LogP contribution in [0.3, 0.4) is 0 Å². The zero-order valence-electron chi connectivity index (χ0n) is 21.0. The van der Waals surface area contributed by atoms with Crippen molar-refractivity contribution in [2.24, 2.45) is 0 Å². The number of hydrogen-bond acceptors (Lipinski definition) is 5. The van der Waals surface area contributed by atoms with Gasteiger partial charge < -0.3 is 16.2 Å². The zero-order valence-corrected chi connectivity index (χ0v) is 21.0. The molecule has 8 heteroatoms. The topological polar surface area (TPSA) is 111 Å². The van der Waals surface area contributed by atoms with E-state index in [0.29, 0.717) is 12.2 Å². The van der Waals surface area contributed by atoms with Crippen LogP contribution in [0.5, 0.6) is 0 Å². The van der Waals surface area contributed by atoms with Crippen molar-refractivity contribution in [2.75, 3.05) is 12.8 Å². The molecule has 184 valence electrons. The lowest BCUT2D eigenvalue weighted by molar-refractivity contribution is 0.0696. The third kappa shape index (κ3) is 6.80. The van der Waals surface area contributed by atoms with Crippen LogP contribution in [0, 0.1) is 27.7 Å². The Hall–Kier alpha value is -3.91. The molecule has 0 fully saturated rings. The fraction of sp³-hybridized carbons (Fsp3) is 0.296. The number of hydrogen-bond donors (Lipinski definition) is 3. The van der Waals surface area contributed by atoms with Crippen LogP contribution in [0.1, 0.15) is 49.4 Å². The van der Waals surface area contributed by atoms with Gasteiger partial charge in [0.25, 0.3) is 0 Å². The summed E-state index contributed by atoms with van der Waals surface area (Å²) >= 11 is 0. The molecule has 2 aromatic carbocycles. The minimum atomic E-state index is -0.946. The number of carboxylic acid groups (broad SMARTS) is 1. The van der Waals surface area contributed by atoms with Crippen molar-refractivity contribution < 1.29 is 9.90 Å². The van der Waals surface area contributed by atoms with Crippen molar-refractivity contribution in [2.45, 2.75) is 47.3 Å². The van der Waals surface area contributed by atoms with Crippen LogP contribution in [0.4, 0.5) is 5.69 Å². The standard InChI is InChI=1S/C17H18N4O2.C10H16N2/c1-12-7-18-20(9-12)10-14-3-5-15(6-4-14)11-21-13(2)16(8-19-21)17(22)23;1-7-4-9(11)5-8(2)10(7)6-12-3/h3-9H,10-11H2,1-2H3,(H,22,23);4-5,12H,6,11H2,1-3H3. The average Bonchev–Trinajstić information content (AvgIpc) is 3.37. The van der Waals surface area contributed by atoms with E-state index in [1.54, 1.807) is 11.6 Å². The van der Waals surface area contributed by atoms with Gasteiger partial charge in [-0.05, 0) is 80.3 Å². The normalized spacial score (nSPS) is 10.7. The minimum Gasteiger partial charge on any atom is -0.478 e. The highest BCUT2D eigenvalue weighted by molar-refractivity contribution is 5.88. The van der Waals surface area contributed by atoms with E-state index in [4.69, 9.17) is 10.8 Å². The maximum absolute atomic E-state index is 11.0. The minimum absolute atomic E-state index is 0.246. The number of aromatic carboxylic acids is 1. The number of nitrogens with one attached hydrogen (secondary N) is 1. The van der Waals surface area contributed by atoms with Gasteiger partial charge in [-0.3, -0.25) is 9.36 Å². The number of aromatic nitrogens is 4. The highest BCUT2D eigenvalue weighted by atomic mass is 16.4. The molecule has 0 unspecified atom stereocenters. The Labute approximate surface area is 206 Å². The second-order valence-corrected chi connectivity index (χ2v) is 8.80. The Morgan fingerprint density at radius 3 is 2.06 bits per heavy atom. The highest BCUT2D eigenvalue weighted by Crippen LogP contribution is 2.17. The quantitative estimate of drug-likeness (QED) is 0.348. The van der Waals surface area contributed by atoms with Crippen LogP contribution in [-0.2, 0) is 19.6 Å². The third-order valence-electron chi connectivity index (χ3n) is 5.87. The number of benzene rings is 2. The van der Waals surface area contributed by atoms with Gasteiger partial charge in [0.05, 0.1) is 31.2 Å². The number of nitrogens with two attached hydrogens (primary N) is 1. The molecule has 35 heavy (non-hydrogen) atoms. The Kier molecular flexibility index (Phi) is 8.43. The second-order valence-electron chi connectivity index (χ2n) is 8.80. The van der Waals surface area contributed by atoms with E-state index in [9.17, 15) is 4.79 Å². The summed E-state index contributed by atoms with van der Waals surface area (Å²) in [7, 11) is 1.95. The molecule has 4 rings (SSSR count). The van der Waals surface area contributed by atoms with E-state index in [1.165, 1.54) is 28.5 Å². The molecule has 0 bridgehead atoms. The van der Waals surface area contributed by atoms with E-state index in [1.807, 2.05) is 55.3 Å². The monoisotopic (exact) mass is 474 g/mol. The molecule has 0 amide bonds. The van der Waals surface area contributed by atoms with E-state index in [2.05, 4.69) is 41.5 Å². The SMILES string of the molecule is CNCc1c(C)cc(N)cc1C.Cc1cnn(Cc2ccc(Cn3ncc(C(=O)O)c3C)cc2)c1. The summed E-state index contributed by atoms with van der Waals surface area (Å²) in [4.78, 5) is 11.0. The lowest BCUT2D eigenvalue weighted by Gasteiger charge is -2.09. The summed E-state index contributed by atoms with van der Waals surface area (Å²) in [5.74, 6) is -0.946. The van der Waals surface area contributed by atoms with Crippen LogP contribution in [0.15, 0.2) is 55.0 Å². The molecule has 8 nitrogen and oxygen atoms in total. The van der Waals surface area contributed by atoms with Crippen LogP contribution < -0.4 is 11.1 Å². The average molecular weight is 475 g/mol. The first-order valence-electron chi connectivity index (χ1n) is 11.5.